The van der Waals surface area contributed by atoms with Crippen molar-refractivity contribution in [3.05, 3.63) is 71.8 Å². The first-order valence-electron chi connectivity index (χ1n) is 20.4. The van der Waals surface area contributed by atoms with Crippen molar-refractivity contribution in [2.75, 3.05) is 32.7 Å². The number of unbranched alkanes of at least 4 members (excludes halogenated alkanes) is 1. The predicted molar refractivity (Wildman–Crippen MR) is 214 cm³/mol. The van der Waals surface area contributed by atoms with Crippen LogP contribution in [-0.2, 0) is 41.6 Å². The van der Waals surface area contributed by atoms with Crippen LogP contribution in [0.3, 0.4) is 0 Å². The minimum Gasteiger partial charge on any atom is -0.343 e. The van der Waals surface area contributed by atoms with Crippen molar-refractivity contribution in [3.8, 4) is 0 Å². The number of amides is 5. The molecule has 0 bridgehead atoms. The second-order valence-electron chi connectivity index (χ2n) is 16.6. The van der Waals surface area contributed by atoms with Crippen LogP contribution in [0.15, 0.2) is 60.7 Å². The fourth-order valence-corrected chi connectivity index (χ4v) is 7.79. The molecule has 2 saturated heterocycles. The topological polar surface area (TPSA) is 197 Å². The molecule has 2 aromatic rings. The highest BCUT2D eigenvalue weighted by Gasteiger charge is 2.49. The lowest BCUT2D eigenvalue weighted by molar-refractivity contribution is -0.157. The van der Waals surface area contributed by atoms with E-state index in [0.29, 0.717) is 90.0 Å². The normalized spacial score (nSPS) is 18.3. The van der Waals surface area contributed by atoms with Gasteiger partial charge in [0, 0.05) is 44.4 Å². The van der Waals surface area contributed by atoms with Gasteiger partial charge in [0.25, 0.3) is 5.91 Å². The summed E-state index contributed by atoms with van der Waals surface area (Å²) >= 11 is 0. The number of likely N-dealkylation sites (tertiary alicyclic amines) is 2. The highest BCUT2D eigenvalue weighted by atomic mass is 16.2. The fraction of sp³-hybridized carbons (Fsp3) is 0.581. The van der Waals surface area contributed by atoms with E-state index in [2.05, 4.69) is 16.0 Å². The van der Waals surface area contributed by atoms with E-state index in [4.69, 9.17) is 11.5 Å². The van der Waals surface area contributed by atoms with Crippen molar-refractivity contribution in [1.29, 1.82) is 0 Å². The van der Waals surface area contributed by atoms with Crippen LogP contribution in [-0.4, -0.2) is 102 Å². The van der Waals surface area contributed by atoms with Gasteiger partial charge in [-0.3, -0.25) is 28.8 Å². The number of hydrogen-bond acceptors (Lipinski definition) is 8. The zero-order valence-corrected chi connectivity index (χ0v) is 33.0. The number of rotatable bonds is 20. The largest absolute Gasteiger partial charge is 0.343 e. The molecule has 2 heterocycles. The minimum absolute atomic E-state index is 0.0232. The summed E-state index contributed by atoms with van der Waals surface area (Å²) in [5.41, 5.74) is 13.7. The van der Waals surface area contributed by atoms with Crippen LogP contribution in [0.2, 0.25) is 0 Å². The summed E-state index contributed by atoms with van der Waals surface area (Å²) in [6.07, 6.45) is 6.30. The Bertz CT molecular complexity index is 1650. The third-order valence-corrected chi connectivity index (χ3v) is 11.3. The summed E-state index contributed by atoms with van der Waals surface area (Å²) in [5.74, 6) is -1.95. The summed E-state index contributed by atoms with van der Waals surface area (Å²) in [6.45, 7) is 6.38. The van der Waals surface area contributed by atoms with Crippen LogP contribution < -0.4 is 27.4 Å². The number of carbonyl (C=O) groups excluding carboxylic acids is 6. The molecule has 13 heteroatoms. The number of piperidine rings is 1. The van der Waals surface area contributed by atoms with Gasteiger partial charge in [-0.15, -0.1) is 0 Å². The number of benzene rings is 2. The zero-order valence-electron chi connectivity index (χ0n) is 33.0. The first-order valence-corrected chi connectivity index (χ1v) is 20.4. The first kappa shape index (κ1) is 42.5. The number of nitrogens with one attached hydrogen (secondary N) is 3. The molecule has 2 aromatic carbocycles. The summed E-state index contributed by atoms with van der Waals surface area (Å²) < 4.78 is 0. The number of hydrogen-bond donors (Lipinski definition) is 5. The maximum absolute atomic E-state index is 14.0. The second-order valence-corrected chi connectivity index (χ2v) is 16.6. The van der Waals surface area contributed by atoms with E-state index >= 15 is 0 Å². The number of Topliss-reactive ketones (excluding diaryl/α,β-unsaturated/α-hetero) is 1. The first-order chi connectivity index (χ1) is 26.9. The van der Waals surface area contributed by atoms with Crippen molar-refractivity contribution in [2.45, 2.75) is 109 Å². The second kappa shape index (κ2) is 20.0. The van der Waals surface area contributed by atoms with Gasteiger partial charge < -0.3 is 37.2 Å². The lowest BCUT2D eigenvalue weighted by Crippen LogP contribution is -2.64. The van der Waals surface area contributed by atoms with E-state index in [0.717, 1.165) is 24.0 Å². The Morgan fingerprint density at radius 3 is 1.86 bits per heavy atom. The molecule has 1 aliphatic carbocycles. The molecule has 1 spiro atoms. The summed E-state index contributed by atoms with van der Waals surface area (Å²) in [5, 5.41) is 8.73. The summed E-state index contributed by atoms with van der Waals surface area (Å²) in [7, 11) is 0. The molecule has 0 unspecified atom stereocenters. The van der Waals surface area contributed by atoms with Crippen LogP contribution in [0.4, 0.5) is 0 Å². The van der Waals surface area contributed by atoms with Gasteiger partial charge in [-0.2, -0.15) is 0 Å². The van der Waals surface area contributed by atoms with Crippen molar-refractivity contribution in [2.24, 2.45) is 28.7 Å². The van der Waals surface area contributed by atoms with E-state index in [-0.39, 0.29) is 35.4 Å². The van der Waals surface area contributed by atoms with Crippen LogP contribution in [0.25, 0.3) is 0 Å². The smallest absolute Gasteiger partial charge is 0.289 e. The Kier molecular flexibility index (Phi) is 15.2. The molecular formula is C43H61N7O6. The molecule has 56 heavy (non-hydrogen) atoms. The Morgan fingerprint density at radius 1 is 0.732 bits per heavy atom. The van der Waals surface area contributed by atoms with Crippen LogP contribution in [0, 0.1) is 17.3 Å². The molecule has 3 aliphatic rings. The third-order valence-electron chi connectivity index (χ3n) is 11.3. The average Bonchev–Trinajstić information content (AvgIpc) is 4.00. The van der Waals surface area contributed by atoms with E-state index in [1.807, 2.05) is 74.5 Å². The van der Waals surface area contributed by atoms with E-state index < -0.39 is 41.9 Å². The molecular weight excluding hydrogens is 711 g/mol. The van der Waals surface area contributed by atoms with Crippen LogP contribution in [0.1, 0.15) is 82.8 Å². The van der Waals surface area contributed by atoms with Crippen molar-refractivity contribution in [3.63, 3.8) is 0 Å². The molecule has 2 aliphatic heterocycles. The SMILES string of the molecule is CC(C)C[C@@H](NC(=O)[C@@H](Cc1ccccc1)NC(=O)[C@H](N)Cc1ccccc1)C(=O)N[C@H](CCCCN)C(=O)N1CCC2(CC1)CN(C(=O)C(=O)CC1CC1)C2. The lowest BCUT2D eigenvalue weighted by atomic mass is 9.71. The Hall–Kier alpha value is -4.62. The monoisotopic (exact) mass is 771 g/mol. The van der Waals surface area contributed by atoms with Gasteiger partial charge in [0.15, 0.2) is 0 Å². The van der Waals surface area contributed by atoms with Gasteiger partial charge in [0.05, 0.1) is 6.04 Å². The molecule has 7 N–H and O–H groups in total. The minimum atomic E-state index is -1.01. The van der Waals surface area contributed by atoms with Crippen LogP contribution >= 0.6 is 0 Å². The van der Waals surface area contributed by atoms with Gasteiger partial charge in [-0.25, -0.2) is 0 Å². The van der Waals surface area contributed by atoms with E-state index in [1.54, 1.807) is 9.80 Å². The molecule has 3 fully saturated rings. The van der Waals surface area contributed by atoms with Gasteiger partial charge in [-0.05, 0) is 87.3 Å². The number of nitrogens with two attached hydrogens (primary N) is 2. The van der Waals surface area contributed by atoms with Crippen LogP contribution in [0.5, 0.6) is 0 Å². The average molecular weight is 772 g/mol. The maximum atomic E-state index is 14.0. The Morgan fingerprint density at radius 2 is 1.29 bits per heavy atom. The Balaban J connectivity index is 1.21. The highest BCUT2D eigenvalue weighted by Crippen LogP contribution is 2.41. The predicted octanol–water partition coefficient (Wildman–Crippen LogP) is 2.25. The quantitative estimate of drug-likeness (QED) is 0.0998. The summed E-state index contributed by atoms with van der Waals surface area (Å²) in [4.78, 5) is 83.9. The molecule has 0 radical (unpaired) electrons. The molecule has 13 nitrogen and oxygen atoms in total. The van der Waals surface area contributed by atoms with Crippen molar-refractivity contribution in [1.82, 2.24) is 25.8 Å². The zero-order chi connectivity index (χ0) is 40.2. The van der Waals surface area contributed by atoms with Gasteiger partial charge in [-0.1, -0.05) is 74.5 Å². The van der Waals surface area contributed by atoms with Gasteiger partial charge >= 0.3 is 0 Å². The Labute approximate surface area is 331 Å². The molecule has 5 amide bonds. The lowest BCUT2D eigenvalue weighted by Gasteiger charge is -2.54. The van der Waals surface area contributed by atoms with Crippen molar-refractivity contribution < 1.29 is 28.8 Å². The highest BCUT2D eigenvalue weighted by molar-refractivity contribution is 6.36. The maximum Gasteiger partial charge on any atom is 0.289 e. The van der Waals surface area contributed by atoms with E-state index in [9.17, 15) is 28.8 Å². The molecule has 1 saturated carbocycles. The van der Waals surface area contributed by atoms with E-state index in [1.165, 1.54) is 0 Å². The molecule has 0 aromatic heterocycles. The molecule has 304 valence electrons. The molecule has 5 rings (SSSR count). The van der Waals surface area contributed by atoms with Crippen molar-refractivity contribution >= 4 is 35.3 Å². The standard InChI is InChI=1S/C43H61N7O6/c1-29(2)23-35(48-40(54)36(25-31-13-7-4-8-14-31)47-38(52)33(45)24-30-11-5-3-6-12-30)39(53)46-34(15-9-10-20-44)41(55)49-21-18-43(19-22-49)27-50(28-43)42(56)37(51)26-32-16-17-32/h3-8,11-14,29,32-36H,9-10,15-28,44-45H2,1-2H3,(H,46,53)(H,47,52)(H,48,54)/t33-,34-,35-,36-/m1/s1. The molecule has 4 atom stereocenters. The summed E-state index contributed by atoms with van der Waals surface area (Å²) in [6, 6.07) is 15.0. The number of nitrogens with zero attached hydrogens (tertiary/aromatic N) is 2. The van der Waals surface area contributed by atoms with Gasteiger partial charge in [0.1, 0.15) is 18.1 Å². The number of carbonyl (C=O) groups is 6. The fourth-order valence-electron chi connectivity index (χ4n) is 7.79. The number of ketones is 1. The van der Waals surface area contributed by atoms with Gasteiger partial charge in [0.2, 0.25) is 29.4 Å². The third kappa shape index (κ3) is 12.2.